The maximum atomic E-state index is 12.6. The Balaban J connectivity index is 1.30. The van der Waals surface area contributed by atoms with E-state index in [-0.39, 0.29) is 11.3 Å². The van der Waals surface area contributed by atoms with Crippen LogP contribution in [-0.2, 0) is 0 Å². The summed E-state index contributed by atoms with van der Waals surface area (Å²) < 4.78 is 5.85. The van der Waals surface area contributed by atoms with Gasteiger partial charge < -0.3 is 9.64 Å². The number of rotatable bonds is 5. The monoisotopic (exact) mass is 371 g/mol. The van der Waals surface area contributed by atoms with Crippen molar-refractivity contribution in [2.24, 2.45) is 5.41 Å². The van der Waals surface area contributed by atoms with Gasteiger partial charge >= 0.3 is 0 Å². The number of benzene rings is 1. The van der Waals surface area contributed by atoms with Crippen LogP contribution in [-0.4, -0.2) is 60.0 Å². The predicted molar refractivity (Wildman–Crippen MR) is 103 cm³/mol. The van der Waals surface area contributed by atoms with E-state index < -0.39 is 0 Å². The zero-order chi connectivity index (χ0) is 17.8. The van der Waals surface area contributed by atoms with Gasteiger partial charge in [0.2, 0.25) is 0 Å². The van der Waals surface area contributed by atoms with Crippen LogP contribution >= 0.6 is 11.3 Å². The summed E-state index contributed by atoms with van der Waals surface area (Å²) in [5, 5.41) is 1.85. The minimum absolute atomic E-state index is 0.0904. The van der Waals surface area contributed by atoms with E-state index in [0.717, 1.165) is 44.9 Å². The molecule has 1 aromatic heterocycles. The Morgan fingerprint density at radius 1 is 1.19 bits per heavy atom. The topological polar surface area (TPSA) is 45.7 Å². The van der Waals surface area contributed by atoms with Gasteiger partial charge in [0, 0.05) is 37.0 Å². The summed E-state index contributed by atoms with van der Waals surface area (Å²) in [4.78, 5) is 21.3. The van der Waals surface area contributed by atoms with Crippen molar-refractivity contribution in [2.75, 3.05) is 39.3 Å². The first-order valence-corrected chi connectivity index (χ1v) is 10.3. The summed E-state index contributed by atoms with van der Waals surface area (Å²) in [6.45, 7) is 5.55. The summed E-state index contributed by atoms with van der Waals surface area (Å²) >= 11 is 1.48. The van der Waals surface area contributed by atoms with Crippen LogP contribution in [0.2, 0.25) is 0 Å². The lowest BCUT2D eigenvalue weighted by Gasteiger charge is -2.40. The molecule has 0 N–H and O–H groups in total. The lowest BCUT2D eigenvalue weighted by atomic mass is 9.79. The van der Waals surface area contributed by atoms with Crippen molar-refractivity contribution in [3.63, 3.8) is 0 Å². The minimum Gasteiger partial charge on any atom is -0.492 e. The average Bonchev–Trinajstić information content (AvgIpc) is 3.33. The van der Waals surface area contributed by atoms with Gasteiger partial charge in [-0.15, -0.1) is 11.3 Å². The molecule has 138 valence electrons. The number of amides is 1. The van der Waals surface area contributed by atoms with E-state index >= 15 is 0 Å². The van der Waals surface area contributed by atoms with Crippen LogP contribution in [0.15, 0.2) is 41.2 Å². The number of hydrogen-bond donors (Lipinski definition) is 0. The van der Waals surface area contributed by atoms with Gasteiger partial charge in [0.05, 0.1) is 5.51 Å². The van der Waals surface area contributed by atoms with E-state index in [0.29, 0.717) is 12.3 Å². The largest absolute Gasteiger partial charge is 0.492 e. The molecule has 2 aromatic rings. The van der Waals surface area contributed by atoms with Gasteiger partial charge in [-0.25, -0.2) is 4.98 Å². The highest BCUT2D eigenvalue weighted by Gasteiger charge is 2.43. The summed E-state index contributed by atoms with van der Waals surface area (Å²) in [5.41, 5.74) is 2.57. The third kappa shape index (κ3) is 3.91. The van der Waals surface area contributed by atoms with Crippen LogP contribution < -0.4 is 4.74 Å². The van der Waals surface area contributed by atoms with E-state index in [4.69, 9.17) is 4.74 Å². The number of ether oxygens (including phenoxy) is 1. The van der Waals surface area contributed by atoms with Crippen molar-refractivity contribution < 1.29 is 9.53 Å². The number of carbonyl (C=O) groups is 1. The van der Waals surface area contributed by atoms with Gasteiger partial charge in [0.25, 0.3) is 5.91 Å². The smallest absolute Gasteiger partial charge is 0.273 e. The average molecular weight is 372 g/mol. The second kappa shape index (κ2) is 7.76. The second-order valence-corrected chi connectivity index (χ2v) is 8.11. The number of carbonyl (C=O) groups excluding carboxylic acids is 1. The number of aromatic nitrogens is 1. The van der Waals surface area contributed by atoms with Crippen LogP contribution in [0.4, 0.5) is 0 Å². The van der Waals surface area contributed by atoms with Gasteiger partial charge in [-0.2, -0.15) is 0 Å². The Hall–Kier alpha value is -1.92. The molecule has 3 heterocycles. The minimum atomic E-state index is 0.0904. The lowest BCUT2D eigenvalue weighted by Crippen LogP contribution is -2.46. The zero-order valence-electron chi connectivity index (χ0n) is 15.0. The van der Waals surface area contributed by atoms with Crippen LogP contribution in [0, 0.1) is 5.41 Å². The summed E-state index contributed by atoms with van der Waals surface area (Å²) in [6, 6.07) is 9.99. The molecular formula is C20H25N3O2S. The molecule has 26 heavy (non-hydrogen) atoms. The maximum Gasteiger partial charge on any atom is 0.273 e. The molecule has 1 aromatic carbocycles. The maximum absolute atomic E-state index is 12.6. The van der Waals surface area contributed by atoms with Crippen LogP contribution in [0.1, 0.15) is 29.8 Å². The fraction of sp³-hybridized carbons (Fsp3) is 0.500. The number of thiazole rings is 1. The standard InChI is InChI=1S/C20H25N3O2S/c24-19(18-13-26-16-21-18)23-10-8-20(15-23)7-4-9-22(14-20)11-12-25-17-5-2-1-3-6-17/h1-3,5-6,13,16H,4,7-12,14-15H2/t20-/m0/s1. The van der Waals surface area contributed by atoms with Gasteiger partial charge in [-0.1, -0.05) is 18.2 Å². The van der Waals surface area contributed by atoms with Gasteiger partial charge in [0.1, 0.15) is 18.1 Å². The normalized spacial score (nSPS) is 23.5. The number of piperidine rings is 1. The third-order valence-corrected chi connectivity index (χ3v) is 6.12. The first-order valence-electron chi connectivity index (χ1n) is 9.32. The molecule has 2 aliphatic rings. The van der Waals surface area contributed by atoms with Gasteiger partial charge in [-0.3, -0.25) is 9.69 Å². The first kappa shape index (κ1) is 17.5. The summed E-state index contributed by atoms with van der Waals surface area (Å²) in [7, 11) is 0. The molecule has 0 radical (unpaired) electrons. The Labute approximate surface area is 158 Å². The van der Waals surface area contributed by atoms with Crippen molar-refractivity contribution in [1.82, 2.24) is 14.8 Å². The molecule has 0 saturated carbocycles. The number of likely N-dealkylation sites (tertiary alicyclic amines) is 2. The molecule has 2 fully saturated rings. The Kier molecular flexibility index (Phi) is 5.22. The van der Waals surface area contributed by atoms with E-state index in [1.165, 1.54) is 24.2 Å². The van der Waals surface area contributed by atoms with E-state index in [1.54, 1.807) is 5.51 Å². The van der Waals surface area contributed by atoms with Crippen LogP contribution in [0.5, 0.6) is 5.75 Å². The molecule has 1 spiro atoms. The SMILES string of the molecule is O=C(c1cscn1)N1CC[C@]2(CCCN(CCOc3ccccc3)C2)C1. The molecule has 0 aliphatic carbocycles. The summed E-state index contributed by atoms with van der Waals surface area (Å²) in [5.74, 6) is 1.02. The molecule has 5 nitrogen and oxygen atoms in total. The highest BCUT2D eigenvalue weighted by Crippen LogP contribution is 2.39. The number of hydrogen-bond acceptors (Lipinski definition) is 5. The number of para-hydroxylation sites is 1. The van der Waals surface area contributed by atoms with Crippen LogP contribution in [0.3, 0.4) is 0 Å². The van der Waals surface area contributed by atoms with E-state index in [9.17, 15) is 4.79 Å². The Bertz CT molecular complexity index is 722. The van der Waals surface area contributed by atoms with Crippen LogP contribution in [0.25, 0.3) is 0 Å². The zero-order valence-corrected chi connectivity index (χ0v) is 15.8. The van der Waals surface area contributed by atoms with E-state index in [1.807, 2.05) is 40.6 Å². The van der Waals surface area contributed by atoms with Gasteiger partial charge in [-0.05, 0) is 37.9 Å². The number of nitrogens with zero attached hydrogens (tertiary/aromatic N) is 3. The quantitative estimate of drug-likeness (QED) is 0.810. The highest BCUT2D eigenvalue weighted by molar-refractivity contribution is 7.07. The van der Waals surface area contributed by atoms with Crippen molar-refractivity contribution in [3.8, 4) is 5.75 Å². The molecule has 4 rings (SSSR count). The first-order chi connectivity index (χ1) is 12.7. The predicted octanol–water partition coefficient (Wildman–Crippen LogP) is 3.15. The van der Waals surface area contributed by atoms with Crippen molar-refractivity contribution >= 4 is 17.2 Å². The van der Waals surface area contributed by atoms with Crippen molar-refractivity contribution in [1.29, 1.82) is 0 Å². The molecule has 1 atom stereocenters. The van der Waals surface area contributed by atoms with E-state index in [2.05, 4.69) is 9.88 Å². The molecule has 2 saturated heterocycles. The fourth-order valence-corrected chi connectivity index (χ4v) is 4.76. The van der Waals surface area contributed by atoms with Crippen molar-refractivity contribution in [3.05, 3.63) is 46.9 Å². The molecule has 0 bridgehead atoms. The second-order valence-electron chi connectivity index (χ2n) is 7.39. The molecular weight excluding hydrogens is 346 g/mol. The molecule has 0 unspecified atom stereocenters. The molecule has 2 aliphatic heterocycles. The molecule has 6 heteroatoms. The fourth-order valence-electron chi connectivity index (χ4n) is 4.23. The van der Waals surface area contributed by atoms with Crippen molar-refractivity contribution in [2.45, 2.75) is 19.3 Å². The highest BCUT2D eigenvalue weighted by atomic mass is 32.1. The summed E-state index contributed by atoms with van der Waals surface area (Å²) in [6.07, 6.45) is 3.51. The molecule has 1 amide bonds. The Morgan fingerprint density at radius 2 is 2.08 bits per heavy atom. The van der Waals surface area contributed by atoms with Gasteiger partial charge in [0.15, 0.2) is 0 Å². The third-order valence-electron chi connectivity index (χ3n) is 5.54. The Morgan fingerprint density at radius 3 is 2.88 bits per heavy atom. The lowest BCUT2D eigenvalue weighted by molar-refractivity contribution is 0.0655.